The van der Waals surface area contributed by atoms with E-state index < -0.39 is 9.84 Å². The Hall–Kier alpha value is -2.18. The highest BCUT2D eigenvalue weighted by atomic mass is 32.2. The summed E-state index contributed by atoms with van der Waals surface area (Å²) in [5.41, 5.74) is 7.71. The number of hydrogen-bond acceptors (Lipinski definition) is 4. The van der Waals surface area contributed by atoms with Crippen LogP contribution in [-0.2, 0) is 26.1 Å². The molecule has 2 aromatic carbocycles. The molecule has 25 heavy (non-hydrogen) atoms. The molecule has 0 fully saturated rings. The molecule has 134 valence electrons. The highest BCUT2D eigenvalue weighted by Gasteiger charge is 2.18. The third kappa shape index (κ3) is 5.99. The Morgan fingerprint density at radius 1 is 1.00 bits per heavy atom. The molecule has 0 spiro atoms. The smallest absolute Gasteiger partial charge is 0.228 e. The Labute approximate surface area is 149 Å². The molecule has 0 aliphatic rings. The first-order valence-electron chi connectivity index (χ1n) is 8.16. The van der Waals surface area contributed by atoms with Crippen LogP contribution in [0.2, 0.25) is 0 Å². The quantitative estimate of drug-likeness (QED) is 0.794. The zero-order valence-corrected chi connectivity index (χ0v) is 15.3. The first-order valence-corrected chi connectivity index (χ1v) is 9.99. The maximum Gasteiger partial charge on any atom is 0.228 e. The summed E-state index contributed by atoms with van der Waals surface area (Å²) in [5, 5.41) is 2.79. The molecule has 5 nitrogen and oxygen atoms in total. The van der Waals surface area contributed by atoms with E-state index in [2.05, 4.69) is 5.32 Å². The molecule has 0 saturated carbocycles. The minimum absolute atomic E-state index is 0.00779. The SMILES string of the molecule is CC(N)C(C)C(=O)Nc1cccc(CS(=O)(=O)Cc2ccccc2)c1. The van der Waals surface area contributed by atoms with Gasteiger partial charge in [-0.1, -0.05) is 49.4 Å². The zero-order valence-electron chi connectivity index (χ0n) is 14.5. The van der Waals surface area contributed by atoms with Gasteiger partial charge in [0.15, 0.2) is 9.84 Å². The third-order valence-corrected chi connectivity index (χ3v) is 5.56. The molecule has 2 unspecified atom stereocenters. The lowest BCUT2D eigenvalue weighted by Crippen LogP contribution is -2.34. The number of nitrogens with two attached hydrogens (primary N) is 1. The molecule has 6 heteroatoms. The minimum atomic E-state index is -3.30. The Morgan fingerprint density at radius 2 is 1.60 bits per heavy atom. The normalized spacial score (nSPS) is 13.9. The summed E-state index contributed by atoms with van der Waals surface area (Å²) in [6.45, 7) is 3.53. The zero-order chi connectivity index (χ0) is 18.4. The van der Waals surface area contributed by atoms with E-state index in [1.807, 2.05) is 18.2 Å². The predicted molar refractivity (Wildman–Crippen MR) is 101 cm³/mol. The van der Waals surface area contributed by atoms with Gasteiger partial charge in [-0.05, 0) is 30.2 Å². The Balaban J connectivity index is 2.07. The number of benzene rings is 2. The molecule has 0 heterocycles. The van der Waals surface area contributed by atoms with Gasteiger partial charge in [0.1, 0.15) is 0 Å². The van der Waals surface area contributed by atoms with Crippen LogP contribution in [0.1, 0.15) is 25.0 Å². The first-order chi connectivity index (χ1) is 11.8. The van der Waals surface area contributed by atoms with E-state index in [-0.39, 0.29) is 29.4 Å². The van der Waals surface area contributed by atoms with Crippen molar-refractivity contribution in [1.82, 2.24) is 0 Å². The van der Waals surface area contributed by atoms with Crippen molar-refractivity contribution in [1.29, 1.82) is 0 Å². The maximum absolute atomic E-state index is 12.4. The van der Waals surface area contributed by atoms with Crippen molar-refractivity contribution >= 4 is 21.4 Å². The fourth-order valence-electron chi connectivity index (χ4n) is 2.37. The van der Waals surface area contributed by atoms with Gasteiger partial charge in [-0.15, -0.1) is 0 Å². The number of amides is 1. The average Bonchev–Trinajstić information content (AvgIpc) is 2.54. The summed E-state index contributed by atoms with van der Waals surface area (Å²) in [6.07, 6.45) is 0. The van der Waals surface area contributed by atoms with Crippen molar-refractivity contribution in [2.24, 2.45) is 11.7 Å². The van der Waals surface area contributed by atoms with E-state index >= 15 is 0 Å². The van der Waals surface area contributed by atoms with Crippen molar-refractivity contribution in [3.63, 3.8) is 0 Å². The lowest BCUT2D eigenvalue weighted by Gasteiger charge is -2.15. The van der Waals surface area contributed by atoms with E-state index in [9.17, 15) is 13.2 Å². The topological polar surface area (TPSA) is 89.3 Å². The van der Waals surface area contributed by atoms with Crippen LogP contribution >= 0.6 is 0 Å². The first kappa shape index (κ1) is 19.1. The molecule has 3 N–H and O–H groups in total. The van der Waals surface area contributed by atoms with Crippen molar-refractivity contribution < 1.29 is 13.2 Å². The number of nitrogens with one attached hydrogen (secondary N) is 1. The van der Waals surface area contributed by atoms with Gasteiger partial charge in [0, 0.05) is 11.7 Å². The lowest BCUT2D eigenvalue weighted by molar-refractivity contribution is -0.119. The average molecular weight is 360 g/mol. The summed E-state index contributed by atoms with van der Waals surface area (Å²) < 4.78 is 24.8. The Bertz CT molecular complexity index is 818. The highest BCUT2D eigenvalue weighted by Crippen LogP contribution is 2.17. The van der Waals surface area contributed by atoms with E-state index in [1.165, 1.54) is 0 Å². The van der Waals surface area contributed by atoms with E-state index in [0.29, 0.717) is 11.3 Å². The fraction of sp³-hybridized carbons (Fsp3) is 0.316. The van der Waals surface area contributed by atoms with Crippen LogP contribution in [0.25, 0.3) is 0 Å². The van der Waals surface area contributed by atoms with Gasteiger partial charge in [-0.25, -0.2) is 8.42 Å². The monoisotopic (exact) mass is 360 g/mol. The Kier molecular flexibility index (Phi) is 6.33. The lowest BCUT2D eigenvalue weighted by atomic mass is 10.0. The van der Waals surface area contributed by atoms with Crippen LogP contribution in [0.15, 0.2) is 54.6 Å². The molecule has 1 amide bonds. The molecule has 0 radical (unpaired) electrons. The van der Waals surface area contributed by atoms with Gasteiger partial charge in [-0.2, -0.15) is 0 Å². The molecular formula is C19H24N2O3S. The van der Waals surface area contributed by atoms with Crippen LogP contribution in [0, 0.1) is 5.92 Å². The van der Waals surface area contributed by atoms with E-state index in [0.717, 1.165) is 5.56 Å². The number of hydrogen-bond donors (Lipinski definition) is 2. The number of rotatable bonds is 7. The molecule has 0 aliphatic carbocycles. The van der Waals surface area contributed by atoms with Crippen LogP contribution in [0.5, 0.6) is 0 Å². The summed E-state index contributed by atoms with van der Waals surface area (Å²) in [6, 6.07) is 15.7. The van der Waals surface area contributed by atoms with Gasteiger partial charge in [-0.3, -0.25) is 4.79 Å². The Morgan fingerprint density at radius 3 is 2.24 bits per heavy atom. The van der Waals surface area contributed by atoms with Crippen molar-refractivity contribution in [3.05, 3.63) is 65.7 Å². The molecule has 2 aromatic rings. The van der Waals surface area contributed by atoms with Gasteiger partial charge in [0.25, 0.3) is 0 Å². The maximum atomic E-state index is 12.4. The van der Waals surface area contributed by atoms with Crippen LogP contribution in [0.3, 0.4) is 0 Å². The predicted octanol–water partition coefficient (Wildman–Crippen LogP) is 2.72. The minimum Gasteiger partial charge on any atom is -0.327 e. The largest absolute Gasteiger partial charge is 0.327 e. The summed E-state index contributed by atoms with van der Waals surface area (Å²) in [7, 11) is -3.30. The number of carbonyl (C=O) groups excluding carboxylic acids is 1. The van der Waals surface area contributed by atoms with E-state index in [1.54, 1.807) is 50.2 Å². The molecule has 0 aromatic heterocycles. The van der Waals surface area contributed by atoms with Crippen molar-refractivity contribution in [2.75, 3.05) is 5.32 Å². The summed E-state index contributed by atoms with van der Waals surface area (Å²) >= 11 is 0. The van der Waals surface area contributed by atoms with Gasteiger partial charge in [0.2, 0.25) is 5.91 Å². The third-order valence-electron chi connectivity index (χ3n) is 4.01. The summed E-state index contributed by atoms with van der Waals surface area (Å²) in [4.78, 5) is 12.1. The van der Waals surface area contributed by atoms with Gasteiger partial charge < -0.3 is 11.1 Å². The second-order valence-corrected chi connectivity index (χ2v) is 8.42. The van der Waals surface area contributed by atoms with Crippen LogP contribution < -0.4 is 11.1 Å². The molecule has 0 saturated heterocycles. The highest BCUT2D eigenvalue weighted by molar-refractivity contribution is 7.89. The number of anilines is 1. The van der Waals surface area contributed by atoms with Gasteiger partial charge in [0.05, 0.1) is 17.4 Å². The fourth-order valence-corrected chi connectivity index (χ4v) is 3.86. The molecular weight excluding hydrogens is 336 g/mol. The molecule has 0 bridgehead atoms. The summed E-state index contributed by atoms with van der Waals surface area (Å²) in [5.74, 6) is -0.592. The molecule has 2 atom stereocenters. The van der Waals surface area contributed by atoms with Gasteiger partial charge >= 0.3 is 0 Å². The molecule has 2 rings (SSSR count). The van der Waals surface area contributed by atoms with Crippen LogP contribution in [-0.4, -0.2) is 20.4 Å². The standard InChI is InChI=1S/C19H24N2O3S/c1-14(15(2)20)19(22)21-18-10-6-9-17(11-18)13-25(23,24)12-16-7-4-3-5-8-16/h3-11,14-15H,12-13,20H2,1-2H3,(H,21,22). The van der Waals surface area contributed by atoms with Crippen molar-refractivity contribution in [2.45, 2.75) is 31.4 Å². The van der Waals surface area contributed by atoms with Crippen LogP contribution in [0.4, 0.5) is 5.69 Å². The van der Waals surface area contributed by atoms with Crippen molar-refractivity contribution in [3.8, 4) is 0 Å². The van der Waals surface area contributed by atoms with E-state index in [4.69, 9.17) is 5.73 Å². The second-order valence-electron chi connectivity index (χ2n) is 6.36. The molecule has 0 aliphatic heterocycles. The second kappa shape index (κ2) is 8.27. The number of carbonyl (C=O) groups is 1. The number of sulfone groups is 1.